The summed E-state index contributed by atoms with van der Waals surface area (Å²) in [5.41, 5.74) is 1.92. The van der Waals surface area contributed by atoms with Gasteiger partial charge in [0.2, 0.25) is 15.9 Å². The van der Waals surface area contributed by atoms with Gasteiger partial charge in [0.05, 0.1) is 29.6 Å². The number of benzene rings is 3. The summed E-state index contributed by atoms with van der Waals surface area (Å²) in [5, 5.41) is 3.10. The van der Waals surface area contributed by atoms with Crippen molar-refractivity contribution in [2.75, 3.05) is 26.5 Å². The molecule has 0 heterocycles. The van der Waals surface area contributed by atoms with E-state index < -0.39 is 10.0 Å². The van der Waals surface area contributed by atoms with Crippen molar-refractivity contribution < 1.29 is 17.9 Å². The van der Waals surface area contributed by atoms with Gasteiger partial charge in [0.15, 0.2) is 0 Å². The third kappa shape index (κ3) is 7.24. The van der Waals surface area contributed by atoms with Gasteiger partial charge in [-0.15, -0.1) is 11.8 Å². The van der Waals surface area contributed by atoms with Crippen LogP contribution in [0, 0.1) is 0 Å². The van der Waals surface area contributed by atoms with E-state index in [4.69, 9.17) is 16.3 Å². The van der Waals surface area contributed by atoms with Gasteiger partial charge in [-0.1, -0.05) is 54.1 Å². The molecule has 35 heavy (non-hydrogen) atoms. The van der Waals surface area contributed by atoms with Gasteiger partial charge in [-0.3, -0.25) is 4.79 Å². The van der Waals surface area contributed by atoms with E-state index in [1.807, 2.05) is 67.8 Å². The molecule has 0 saturated heterocycles. The highest BCUT2D eigenvalue weighted by Crippen LogP contribution is 2.28. The van der Waals surface area contributed by atoms with Crippen LogP contribution in [0.4, 0.5) is 0 Å². The minimum absolute atomic E-state index is 0.00450. The average molecular weight is 533 g/mol. The molecule has 186 valence electrons. The lowest BCUT2D eigenvalue weighted by molar-refractivity contribution is -0.121. The molecule has 3 aromatic rings. The van der Waals surface area contributed by atoms with Crippen LogP contribution in [0.2, 0.25) is 5.02 Å². The van der Waals surface area contributed by atoms with Crippen LogP contribution in [0.5, 0.6) is 5.75 Å². The van der Waals surface area contributed by atoms with Crippen LogP contribution in [0.3, 0.4) is 0 Å². The predicted molar refractivity (Wildman–Crippen MR) is 142 cm³/mol. The number of sulfonamides is 1. The van der Waals surface area contributed by atoms with Crippen LogP contribution in [-0.4, -0.2) is 45.1 Å². The van der Waals surface area contributed by atoms with E-state index in [-0.39, 0.29) is 35.0 Å². The van der Waals surface area contributed by atoms with E-state index in [0.717, 1.165) is 16.0 Å². The van der Waals surface area contributed by atoms with E-state index in [9.17, 15) is 13.2 Å². The quantitative estimate of drug-likeness (QED) is 0.344. The molecule has 0 bridgehead atoms. The SMILES string of the molecule is COc1ccc(S(=O)(=O)N(CCc2ccccc2)CC(=O)NC(C)c2ccc(SC)cc2)cc1Cl. The van der Waals surface area contributed by atoms with Gasteiger partial charge in [-0.25, -0.2) is 8.42 Å². The molecule has 6 nitrogen and oxygen atoms in total. The largest absolute Gasteiger partial charge is 0.495 e. The Kier molecular flexibility index (Phi) is 9.63. The van der Waals surface area contributed by atoms with E-state index in [1.165, 1.54) is 29.6 Å². The van der Waals surface area contributed by atoms with Crippen molar-refractivity contribution in [3.05, 3.63) is 88.9 Å². The average Bonchev–Trinajstić information content (AvgIpc) is 2.86. The zero-order chi connectivity index (χ0) is 25.4. The number of hydrogen-bond acceptors (Lipinski definition) is 5. The van der Waals surface area contributed by atoms with Gasteiger partial charge in [0.25, 0.3) is 0 Å². The monoisotopic (exact) mass is 532 g/mol. The second-order valence-electron chi connectivity index (χ2n) is 7.93. The highest BCUT2D eigenvalue weighted by atomic mass is 35.5. The Balaban J connectivity index is 1.80. The van der Waals surface area contributed by atoms with Crippen molar-refractivity contribution in [2.45, 2.75) is 29.2 Å². The number of rotatable bonds is 11. The van der Waals surface area contributed by atoms with Crippen molar-refractivity contribution in [3.63, 3.8) is 0 Å². The highest BCUT2D eigenvalue weighted by Gasteiger charge is 2.28. The van der Waals surface area contributed by atoms with Crippen LogP contribution >= 0.6 is 23.4 Å². The van der Waals surface area contributed by atoms with E-state index in [1.54, 1.807) is 11.8 Å². The minimum Gasteiger partial charge on any atom is -0.495 e. The van der Waals surface area contributed by atoms with E-state index >= 15 is 0 Å². The molecule has 1 atom stereocenters. The molecule has 0 fully saturated rings. The molecule has 0 spiro atoms. The lowest BCUT2D eigenvalue weighted by Gasteiger charge is -2.23. The summed E-state index contributed by atoms with van der Waals surface area (Å²) < 4.78 is 33.4. The second-order valence-corrected chi connectivity index (χ2v) is 11.2. The maximum atomic E-state index is 13.5. The number of amides is 1. The third-order valence-electron chi connectivity index (χ3n) is 5.57. The van der Waals surface area contributed by atoms with Gasteiger partial charge < -0.3 is 10.1 Å². The molecule has 3 rings (SSSR count). The molecule has 0 aliphatic heterocycles. The molecule has 0 aliphatic rings. The molecule has 1 N–H and O–H groups in total. The van der Waals surface area contributed by atoms with Gasteiger partial charge in [-0.05, 0) is 61.1 Å². The molecule has 0 aliphatic carbocycles. The maximum Gasteiger partial charge on any atom is 0.243 e. The summed E-state index contributed by atoms with van der Waals surface area (Å²) in [6, 6.07) is 21.5. The standard InChI is InChI=1S/C26H29ClN2O4S2/c1-19(21-9-11-22(34-3)12-10-21)28-26(30)18-29(16-15-20-7-5-4-6-8-20)35(31,32)23-13-14-25(33-2)24(27)17-23/h4-14,17,19H,15-16,18H2,1-3H3,(H,28,30). The number of thioether (sulfide) groups is 1. The normalized spacial score (nSPS) is 12.4. The molecule has 0 radical (unpaired) electrons. The van der Waals surface area contributed by atoms with E-state index in [0.29, 0.717) is 12.2 Å². The summed E-state index contributed by atoms with van der Waals surface area (Å²) in [7, 11) is -2.53. The highest BCUT2D eigenvalue weighted by molar-refractivity contribution is 7.98. The Morgan fingerprint density at radius 3 is 2.37 bits per heavy atom. The molecule has 1 amide bonds. The Morgan fingerprint density at radius 2 is 1.77 bits per heavy atom. The molecular weight excluding hydrogens is 504 g/mol. The van der Waals surface area contributed by atoms with Gasteiger partial charge >= 0.3 is 0 Å². The molecule has 1 unspecified atom stereocenters. The third-order valence-corrected chi connectivity index (χ3v) is 8.45. The number of nitrogens with one attached hydrogen (secondary N) is 1. The Labute approximate surface area is 216 Å². The van der Waals surface area contributed by atoms with Crippen molar-refractivity contribution in [1.82, 2.24) is 9.62 Å². The van der Waals surface area contributed by atoms with Crippen molar-refractivity contribution >= 4 is 39.3 Å². The summed E-state index contributed by atoms with van der Waals surface area (Å²) in [5.74, 6) is -0.0109. The topological polar surface area (TPSA) is 75.7 Å². The Bertz CT molecular complexity index is 1240. The number of carbonyl (C=O) groups excluding carboxylic acids is 1. The van der Waals surface area contributed by atoms with Crippen molar-refractivity contribution in [1.29, 1.82) is 0 Å². The first-order valence-electron chi connectivity index (χ1n) is 11.1. The Hall–Kier alpha value is -2.52. The molecular formula is C26H29ClN2O4S2. The fourth-order valence-electron chi connectivity index (χ4n) is 3.56. The second kappa shape index (κ2) is 12.4. The number of halogens is 1. The minimum atomic E-state index is -3.99. The fraction of sp³-hybridized carbons (Fsp3) is 0.269. The fourth-order valence-corrected chi connectivity index (χ4v) is 5.72. The van der Waals surface area contributed by atoms with Crippen LogP contribution in [-0.2, 0) is 21.2 Å². The summed E-state index contributed by atoms with van der Waals surface area (Å²) in [4.78, 5) is 14.1. The van der Waals surface area contributed by atoms with Crippen LogP contribution < -0.4 is 10.1 Å². The first-order chi connectivity index (χ1) is 16.7. The number of ether oxygens (including phenoxy) is 1. The van der Waals surface area contributed by atoms with Gasteiger partial charge in [-0.2, -0.15) is 4.31 Å². The summed E-state index contributed by atoms with van der Waals surface area (Å²) >= 11 is 7.83. The van der Waals surface area contributed by atoms with Gasteiger partial charge in [0.1, 0.15) is 5.75 Å². The number of carbonyl (C=O) groups is 1. The van der Waals surface area contributed by atoms with Crippen molar-refractivity contribution in [2.24, 2.45) is 0 Å². The van der Waals surface area contributed by atoms with Crippen LogP contribution in [0.25, 0.3) is 0 Å². The zero-order valence-electron chi connectivity index (χ0n) is 19.9. The summed E-state index contributed by atoms with van der Waals surface area (Å²) in [6.45, 7) is 1.70. The predicted octanol–water partition coefficient (Wildman–Crippen LogP) is 5.18. The summed E-state index contributed by atoms with van der Waals surface area (Å²) in [6.07, 6.45) is 2.46. The van der Waals surface area contributed by atoms with Crippen LogP contribution in [0.15, 0.2) is 82.6 Å². The van der Waals surface area contributed by atoms with Crippen LogP contribution in [0.1, 0.15) is 24.1 Å². The first-order valence-corrected chi connectivity index (χ1v) is 14.1. The lowest BCUT2D eigenvalue weighted by Crippen LogP contribution is -2.42. The maximum absolute atomic E-state index is 13.5. The Morgan fingerprint density at radius 1 is 1.09 bits per heavy atom. The zero-order valence-corrected chi connectivity index (χ0v) is 22.3. The number of methoxy groups -OCH3 is 1. The molecule has 9 heteroatoms. The van der Waals surface area contributed by atoms with Crippen molar-refractivity contribution in [3.8, 4) is 5.75 Å². The molecule has 0 aromatic heterocycles. The number of nitrogens with zero attached hydrogens (tertiary/aromatic N) is 1. The number of hydrogen-bond donors (Lipinski definition) is 1. The molecule has 0 saturated carbocycles. The molecule has 3 aromatic carbocycles. The lowest BCUT2D eigenvalue weighted by atomic mass is 10.1. The smallest absolute Gasteiger partial charge is 0.243 e. The first kappa shape index (κ1) is 27.1. The van der Waals surface area contributed by atoms with E-state index in [2.05, 4.69) is 5.32 Å². The van der Waals surface area contributed by atoms with Gasteiger partial charge in [0, 0.05) is 11.4 Å².